The molecule has 1 aromatic heterocycles. The van der Waals surface area contributed by atoms with Gasteiger partial charge in [0, 0.05) is 5.56 Å². The van der Waals surface area contributed by atoms with E-state index >= 15 is 0 Å². The second-order valence-electron chi connectivity index (χ2n) is 3.75. The van der Waals surface area contributed by atoms with Gasteiger partial charge in [-0.15, -0.1) is 0 Å². The maximum absolute atomic E-state index is 5.14. The first kappa shape index (κ1) is 13.7. The molecule has 5 heteroatoms. The van der Waals surface area contributed by atoms with Crippen molar-refractivity contribution >= 4 is 0 Å². The molecule has 0 radical (unpaired) electrons. The summed E-state index contributed by atoms with van der Waals surface area (Å²) in [5.74, 6) is 7.43. The Balaban J connectivity index is 2.27. The van der Waals surface area contributed by atoms with E-state index in [1.807, 2.05) is 24.3 Å². The molecule has 0 saturated carbocycles. The van der Waals surface area contributed by atoms with Crippen LogP contribution in [0.2, 0.25) is 0 Å². The Morgan fingerprint density at radius 3 is 2.25 bits per heavy atom. The summed E-state index contributed by atoms with van der Waals surface area (Å²) in [5, 5.41) is 0. The molecule has 20 heavy (non-hydrogen) atoms. The predicted octanol–water partition coefficient (Wildman–Crippen LogP) is 1.90. The number of hydrogen-bond donors (Lipinski definition) is 0. The fourth-order valence-electron chi connectivity index (χ4n) is 1.49. The monoisotopic (exact) mass is 270 g/mol. The van der Waals surface area contributed by atoms with Crippen molar-refractivity contribution in [2.45, 2.75) is 0 Å². The molecule has 0 aliphatic rings. The van der Waals surface area contributed by atoms with Crippen molar-refractivity contribution in [2.75, 3.05) is 21.3 Å². The highest BCUT2D eigenvalue weighted by atomic mass is 16.5. The Labute approximate surface area is 117 Å². The van der Waals surface area contributed by atoms with Crippen molar-refractivity contribution in [2.24, 2.45) is 0 Å². The molecule has 0 spiro atoms. The Hall–Kier alpha value is -2.74. The van der Waals surface area contributed by atoms with Crippen molar-refractivity contribution in [3.8, 4) is 29.4 Å². The van der Waals surface area contributed by atoms with Gasteiger partial charge in [-0.05, 0) is 30.2 Å². The molecule has 0 saturated heterocycles. The smallest absolute Gasteiger partial charge is 0.252 e. The Morgan fingerprint density at radius 1 is 0.900 bits per heavy atom. The molecule has 0 aliphatic carbocycles. The number of hydrogen-bond acceptors (Lipinski definition) is 5. The third-order valence-corrected chi connectivity index (χ3v) is 2.54. The summed E-state index contributed by atoms with van der Waals surface area (Å²) in [6.45, 7) is 0. The van der Waals surface area contributed by atoms with Crippen molar-refractivity contribution in [3.63, 3.8) is 0 Å². The molecule has 5 nitrogen and oxygen atoms in total. The maximum atomic E-state index is 5.14. The zero-order valence-electron chi connectivity index (χ0n) is 11.5. The summed E-state index contributed by atoms with van der Waals surface area (Å²) in [5.41, 5.74) is 1.31. The van der Waals surface area contributed by atoms with Crippen molar-refractivity contribution < 1.29 is 14.2 Å². The molecule has 0 amide bonds. The van der Waals surface area contributed by atoms with Gasteiger partial charge >= 0.3 is 0 Å². The van der Waals surface area contributed by atoms with Crippen molar-refractivity contribution in [1.82, 2.24) is 9.97 Å². The van der Waals surface area contributed by atoms with Crippen LogP contribution in [0.25, 0.3) is 0 Å². The van der Waals surface area contributed by atoms with E-state index in [1.54, 1.807) is 7.11 Å². The van der Waals surface area contributed by atoms with E-state index in [1.165, 1.54) is 20.4 Å². The highest BCUT2D eigenvalue weighted by Gasteiger charge is 2.05. The molecule has 1 aromatic carbocycles. The number of aromatic nitrogens is 2. The summed E-state index contributed by atoms with van der Waals surface area (Å²) in [6, 6.07) is 7.44. The van der Waals surface area contributed by atoms with Crippen LogP contribution in [-0.2, 0) is 0 Å². The van der Waals surface area contributed by atoms with Crippen molar-refractivity contribution in [1.29, 1.82) is 0 Å². The summed E-state index contributed by atoms with van der Waals surface area (Å²) < 4.78 is 15.2. The lowest BCUT2D eigenvalue weighted by molar-refractivity contribution is 0.360. The minimum absolute atomic E-state index is 0.338. The Morgan fingerprint density at radius 2 is 1.65 bits per heavy atom. The van der Waals surface area contributed by atoms with Crippen LogP contribution < -0.4 is 14.2 Å². The molecule has 2 rings (SSSR count). The van der Waals surface area contributed by atoms with Gasteiger partial charge in [0.15, 0.2) is 5.69 Å². The normalized spacial score (nSPS) is 9.35. The largest absolute Gasteiger partial charge is 0.497 e. The first-order valence-corrected chi connectivity index (χ1v) is 5.88. The molecular formula is C15H14N2O3. The van der Waals surface area contributed by atoms with Crippen LogP contribution >= 0.6 is 0 Å². The summed E-state index contributed by atoms with van der Waals surface area (Å²) in [6.07, 6.45) is 1.50. The van der Waals surface area contributed by atoms with Gasteiger partial charge in [-0.1, -0.05) is 5.92 Å². The van der Waals surface area contributed by atoms with Crippen LogP contribution in [0.5, 0.6) is 17.5 Å². The van der Waals surface area contributed by atoms with Crippen LogP contribution in [0.4, 0.5) is 0 Å². The fraction of sp³-hybridized carbons (Fsp3) is 0.200. The standard InChI is InChI=1S/C15H14N2O3/c1-18-12-7-4-11(5-8-12)6-9-13-15(20-3)17-14(19-2)10-16-13/h4-5,7-8,10H,1-3H3. The molecule has 2 aromatic rings. The molecule has 0 unspecified atom stereocenters. The fourth-order valence-corrected chi connectivity index (χ4v) is 1.49. The van der Waals surface area contributed by atoms with E-state index < -0.39 is 0 Å². The summed E-state index contributed by atoms with van der Waals surface area (Å²) in [4.78, 5) is 8.28. The molecule has 0 N–H and O–H groups in total. The average molecular weight is 270 g/mol. The molecule has 1 heterocycles. The molecule has 0 aliphatic heterocycles. The highest BCUT2D eigenvalue weighted by Crippen LogP contribution is 2.16. The molecule has 0 bridgehead atoms. The van der Waals surface area contributed by atoms with E-state index in [0.717, 1.165) is 11.3 Å². The topological polar surface area (TPSA) is 53.5 Å². The summed E-state index contributed by atoms with van der Waals surface area (Å²) in [7, 11) is 4.66. The van der Waals surface area contributed by atoms with Gasteiger partial charge in [0.25, 0.3) is 5.88 Å². The first-order valence-electron chi connectivity index (χ1n) is 5.88. The molecule has 0 atom stereocenters. The predicted molar refractivity (Wildman–Crippen MR) is 74.1 cm³/mol. The lowest BCUT2D eigenvalue weighted by atomic mass is 10.2. The number of methoxy groups -OCH3 is 3. The quantitative estimate of drug-likeness (QED) is 0.797. The van der Waals surface area contributed by atoms with E-state index in [9.17, 15) is 0 Å². The van der Waals surface area contributed by atoms with Gasteiger partial charge in [-0.25, -0.2) is 4.98 Å². The van der Waals surface area contributed by atoms with Crippen LogP contribution in [0, 0.1) is 11.8 Å². The minimum Gasteiger partial charge on any atom is -0.497 e. The third kappa shape index (κ3) is 3.18. The van der Waals surface area contributed by atoms with E-state index in [0.29, 0.717) is 17.5 Å². The van der Waals surface area contributed by atoms with Gasteiger partial charge in [-0.3, -0.25) is 0 Å². The van der Waals surface area contributed by atoms with Crippen LogP contribution in [-0.4, -0.2) is 31.3 Å². The number of benzene rings is 1. The minimum atomic E-state index is 0.338. The Kier molecular flexibility index (Phi) is 4.40. The van der Waals surface area contributed by atoms with Crippen molar-refractivity contribution in [3.05, 3.63) is 41.7 Å². The highest BCUT2D eigenvalue weighted by molar-refractivity contribution is 5.45. The van der Waals surface area contributed by atoms with Crippen LogP contribution in [0.15, 0.2) is 30.5 Å². The van der Waals surface area contributed by atoms with Gasteiger partial charge in [0.1, 0.15) is 5.75 Å². The number of nitrogens with zero attached hydrogens (tertiary/aromatic N) is 2. The third-order valence-electron chi connectivity index (χ3n) is 2.54. The maximum Gasteiger partial charge on any atom is 0.252 e. The Bertz CT molecular complexity index is 642. The van der Waals surface area contributed by atoms with Crippen LogP contribution in [0.1, 0.15) is 11.3 Å². The van der Waals surface area contributed by atoms with Crippen LogP contribution in [0.3, 0.4) is 0 Å². The van der Waals surface area contributed by atoms with Gasteiger partial charge in [0.2, 0.25) is 5.88 Å². The average Bonchev–Trinajstić information content (AvgIpc) is 2.53. The molecule has 0 fully saturated rings. The van der Waals surface area contributed by atoms with Gasteiger partial charge < -0.3 is 14.2 Å². The number of ether oxygens (including phenoxy) is 3. The van der Waals surface area contributed by atoms with Gasteiger partial charge in [0.05, 0.1) is 27.5 Å². The first-order chi connectivity index (χ1) is 9.76. The second kappa shape index (κ2) is 6.43. The zero-order chi connectivity index (χ0) is 14.4. The molecular weight excluding hydrogens is 256 g/mol. The SMILES string of the molecule is COc1ccc(C#Cc2ncc(OC)nc2OC)cc1. The summed E-state index contributed by atoms with van der Waals surface area (Å²) >= 11 is 0. The lowest BCUT2D eigenvalue weighted by Gasteiger charge is -2.03. The molecule has 102 valence electrons. The zero-order valence-corrected chi connectivity index (χ0v) is 11.5. The van der Waals surface area contributed by atoms with E-state index in [4.69, 9.17) is 14.2 Å². The number of rotatable bonds is 3. The van der Waals surface area contributed by atoms with E-state index in [-0.39, 0.29) is 0 Å². The van der Waals surface area contributed by atoms with E-state index in [2.05, 4.69) is 21.8 Å². The lowest BCUT2D eigenvalue weighted by Crippen LogP contribution is -1.97. The second-order valence-corrected chi connectivity index (χ2v) is 3.75. The van der Waals surface area contributed by atoms with Gasteiger partial charge in [-0.2, -0.15) is 4.98 Å².